The Morgan fingerprint density at radius 2 is 2.04 bits per heavy atom. The molecule has 28 heavy (non-hydrogen) atoms. The third-order valence-electron chi connectivity index (χ3n) is 5.09. The maximum atomic E-state index is 13.0. The molecule has 2 aromatic rings. The Balaban J connectivity index is 1.91. The van der Waals surface area contributed by atoms with Crippen LogP contribution in [0.25, 0.3) is 0 Å². The van der Waals surface area contributed by atoms with Crippen LogP contribution in [0.2, 0.25) is 0 Å². The number of halogens is 1. The van der Waals surface area contributed by atoms with Crippen molar-refractivity contribution in [3.63, 3.8) is 0 Å². The maximum Gasteiger partial charge on any atom is 0.293 e. The van der Waals surface area contributed by atoms with Crippen molar-refractivity contribution >= 4 is 39.0 Å². The quantitative estimate of drug-likeness (QED) is 0.492. The fraction of sp³-hybridized carbons (Fsp3) is 0.400. The van der Waals surface area contributed by atoms with Gasteiger partial charge in [0.25, 0.3) is 11.6 Å². The smallest absolute Gasteiger partial charge is 0.293 e. The summed E-state index contributed by atoms with van der Waals surface area (Å²) in [5, 5.41) is 11.7. The average Bonchev–Trinajstić information content (AvgIpc) is 2.70. The third-order valence-corrected chi connectivity index (χ3v) is 5.56. The zero-order valence-electron chi connectivity index (χ0n) is 16.0. The minimum absolute atomic E-state index is 0.0276. The van der Waals surface area contributed by atoms with Gasteiger partial charge in [-0.25, -0.2) is 4.98 Å². The van der Waals surface area contributed by atoms with Gasteiger partial charge in [-0.2, -0.15) is 0 Å². The average molecular weight is 447 g/mol. The van der Waals surface area contributed by atoms with Crippen molar-refractivity contribution in [2.24, 2.45) is 5.92 Å². The van der Waals surface area contributed by atoms with Gasteiger partial charge in [-0.05, 0) is 65.9 Å². The lowest BCUT2D eigenvalue weighted by atomic mass is 9.98. The van der Waals surface area contributed by atoms with E-state index >= 15 is 0 Å². The summed E-state index contributed by atoms with van der Waals surface area (Å²) in [6, 6.07) is 8.30. The van der Waals surface area contributed by atoms with E-state index < -0.39 is 4.92 Å². The van der Waals surface area contributed by atoms with E-state index in [9.17, 15) is 14.9 Å². The van der Waals surface area contributed by atoms with Gasteiger partial charge in [-0.15, -0.1) is 0 Å². The Bertz CT molecular complexity index is 864. The topological polar surface area (TPSA) is 79.6 Å². The van der Waals surface area contributed by atoms with Crippen molar-refractivity contribution in [3.05, 3.63) is 56.7 Å². The van der Waals surface area contributed by atoms with Crippen molar-refractivity contribution in [2.45, 2.75) is 26.7 Å². The molecule has 1 saturated heterocycles. The number of pyridine rings is 1. The zero-order valence-corrected chi connectivity index (χ0v) is 17.6. The van der Waals surface area contributed by atoms with Crippen LogP contribution >= 0.6 is 15.9 Å². The SMILES string of the molecule is CCN(C(=O)c1ccc(N2CCC(C)CC2)c([N+](=O)[O-])c1)c1ccc(Br)cn1. The van der Waals surface area contributed by atoms with Crippen LogP contribution < -0.4 is 9.80 Å². The number of aromatic nitrogens is 1. The van der Waals surface area contributed by atoms with Crippen LogP contribution in [-0.2, 0) is 0 Å². The molecule has 0 radical (unpaired) electrons. The maximum absolute atomic E-state index is 13.0. The van der Waals surface area contributed by atoms with Crippen molar-refractivity contribution in [3.8, 4) is 0 Å². The normalized spacial score (nSPS) is 14.8. The minimum Gasteiger partial charge on any atom is -0.366 e. The van der Waals surface area contributed by atoms with Gasteiger partial charge in [0.1, 0.15) is 11.5 Å². The second-order valence-electron chi connectivity index (χ2n) is 7.01. The minimum atomic E-state index is -0.404. The first-order chi connectivity index (χ1) is 13.4. The molecule has 0 bridgehead atoms. The summed E-state index contributed by atoms with van der Waals surface area (Å²) in [5.41, 5.74) is 0.839. The van der Waals surface area contributed by atoms with E-state index in [1.807, 2.05) is 11.8 Å². The van der Waals surface area contributed by atoms with E-state index in [0.717, 1.165) is 30.4 Å². The van der Waals surface area contributed by atoms with Crippen molar-refractivity contribution in [1.29, 1.82) is 0 Å². The molecule has 0 saturated carbocycles. The summed E-state index contributed by atoms with van der Waals surface area (Å²) in [6.07, 6.45) is 3.64. The highest BCUT2D eigenvalue weighted by molar-refractivity contribution is 9.10. The van der Waals surface area contributed by atoms with Gasteiger partial charge in [0.15, 0.2) is 0 Å². The monoisotopic (exact) mass is 446 g/mol. The third kappa shape index (κ3) is 4.32. The van der Waals surface area contributed by atoms with E-state index in [2.05, 4.69) is 27.8 Å². The molecule has 7 nitrogen and oxygen atoms in total. The first-order valence-corrected chi connectivity index (χ1v) is 10.2. The number of rotatable bonds is 5. The number of anilines is 2. The number of hydrogen-bond acceptors (Lipinski definition) is 5. The summed E-state index contributed by atoms with van der Waals surface area (Å²) < 4.78 is 0.815. The Kier molecular flexibility index (Phi) is 6.28. The first kappa shape index (κ1) is 20.3. The van der Waals surface area contributed by atoms with Crippen LogP contribution in [0.5, 0.6) is 0 Å². The number of nitrogens with zero attached hydrogens (tertiary/aromatic N) is 4. The lowest BCUT2D eigenvalue weighted by molar-refractivity contribution is -0.384. The van der Waals surface area contributed by atoms with Crippen molar-refractivity contribution in [1.82, 2.24) is 4.98 Å². The van der Waals surface area contributed by atoms with Crippen LogP contribution in [0.1, 0.15) is 37.0 Å². The second kappa shape index (κ2) is 8.68. The van der Waals surface area contributed by atoms with E-state index in [4.69, 9.17) is 0 Å². The molecule has 0 atom stereocenters. The fourth-order valence-electron chi connectivity index (χ4n) is 3.41. The van der Waals surface area contributed by atoms with Crippen LogP contribution in [0.3, 0.4) is 0 Å². The first-order valence-electron chi connectivity index (χ1n) is 9.37. The second-order valence-corrected chi connectivity index (χ2v) is 7.93. The molecular formula is C20H23BrN4O3. The Morgan fingerprint density at radius 1 is 1.32 bits per heavy atom. The van der Waals surface area contributed by atoms with Gasteiger partial charge >= 0.3 is 0 Å². The number of nitro groups is 1. The molecule has 1 aliphatic rings. The standard InChI is InChI=1S/C20H23BrN4O3/c1-3-24(19-7-5-16(21)13-22-19)20(26)15-4-6-17(18(12-15)25(27)28)23-10-8-14(2)9-11-23/h4-7,12-14H,3,8-11H2,1-2H3. The lowest BCUT2D eigenvalue weighted by Crippen LogP contribution is -2.34. The molecule has 1 aromatic carbocycles. The number of piperidine rings is 1. The predicted octanol–water partition coefficient (Wildman–Crippen LogP) is 4.66. The molecule has 0 unspecified atom stereocenters. The Labute approximate surface area is 172 Å². The fourth-order valence-corrected chi connectivity index (χ4v) is 3.65. The number of carbonyl (C=O) groups excluding carboxylic acids is 1. The van der Waals surface area contributed by atoms with Gasteiger partial charge in [0.05, 0.1) is 4.92 Å². The summed E-state index contributed by atoms with van der Waals surface area (Å²) in [6.45, 7) is 6.04. The highest BCUT2D eigenvalue weighted by atomic mass is 79.9. The van der Waals surface area contributed by atoms with Crippen LogP contribution in [0.4, 0.5) is 17.2 Å². The predicted molar refractivity (Wildman–Crippen MR) is 113 cm³/mol. The van der Waals surface area contributed by atoms with E-state index in [0.29, 0.717) is 24.0 Å². The van der Waals surface area contributed by atoms with Crippen LogP contribution in [0.15, 0.2) is 41.0 Å². The van der Waals surface area contributed by atoms with Gasteiger partial charge in [0, 0.05) is 41.9 Å². The highest BCUT2D eigenvalue weighted by Crippen LogP contribution is 2.33. The van der Waals surface area contributed by atoms with Crippen molar-refractivity contribution < 1.29 is 9.72 Å². The van der Waals surface area contributed by atoms with Gasteiger partial charge in [-0.3, -0.25) is 19.8 Å². The molecule has 1 aromatic heterocycles. The molecule has 2 heterocycles. The Hall–Kier alpha value is -2.48. The molecule has 1 fully saturated rings. The zero-order chi connectivity index (χ0) is 20.3. The van der Waals surface area contributed by atoms with Gasteiger partial charge < -0.3 is 4.90 Å². The van der Waals surface area contributed by atoms with Gasteiger partial charge in [-0.1, -0.05) is 6.92 Å². The molecule has 1 aliphatic heterocycles. The molecule has 1 amide bonds. The van der Waals surface area contributed by atoms with E-state index in [1.165, 1.54) is 11.0 Å². The summed E-state index contributed by atoms with van der Waals surface area (Å²) in [5.74, 6) is 0.833. The summed E-state index contributed by atoms with van der Waals surface area (Å²) >= 11 is 3.33. The summed E-state index contributed by atoms with van der Waals surface area (Å²) in [4.78, 5) is 32.1. The van der Waals surface area contributed by atoms with Gasteiger partial charge in [0.2, 0.25) is 0 Å². The number of amides is 1. The molecule has 0 aliphatic carbocycles. The van der Waals surface area contributed by atoms with Crippen LogP contribution in [0, 0.1) is 16.0 Å². The molecule has 0 N–H and O–H groups in total. The van der Waals surface area contributed by atoms with E-state index in [1.54, 1.807) is 30.5 Å². The van der Waals surface area contributed by atoms with E-state index in [-0.39, 0.29) is 17.2 Å². The number of hydrogen-bond donors (Lipinski definition) is 0. The summed E-state index contributed by atoms with van der Waals surface area (Å²) in [7, 11) is 0. The Morgan fingerprint density at radius 3 is 2.61 bits per heavy atom. The lowest BCUT2D eigenvalue weighted by Gasteiger charge is -2.31. The number of benzene rings is 1. The number of nitro benzene ring substituents is 1. The molecule has 3 rings (SSSR count). The number of carbonyl (C=O) groups is 1. The molecular weight excluding hydrogens is 424 g/mol. The highest BCUT2D eigenvalue weighted by Gasteiger charge is 2.26. The van der Waals surface area contributed by atoms with Crippen LogP contribution in [-0.4, -0.2) is 35.4 Å². The molecule has 8 heteroatoms. The molecule has 0 spiro atoms. The van der Waals surface area contributed by atoms with Crippen molar-refractivity contribution in [2.75, 3.05) is 29.4 Å². The molecule has 148 valence electrons. The largest absolute Gasteiger partial charge is 0.366 e.